The van der Waals surface area contributed by atoms with E-state index in [9.17, 15) is 4.79 Å². The van der Waals surface area contributed by atoms with E-state index >= 15 is 0 Å². The van der Waals surface area contributed by atoms with Crippen LogP contribution in [0.5, 0.6) is 0 Å². The van der Waals surface area contributed by atoms with Crippen LogP contribution in [0.4, 0.5) is 0 Å². The van der Waals surface area contributed by atoms with Crippen LogP contribution in [-0.2, 0) is 4.79 Å². The molecule has 0 aromatic carbocycles. The Balaban J connectivity index is 1.73. The molecule has 2 fully saturated rings. The molecule has 3 heterocycles. The lowest BCUT2D eigenvalue weighted by atomic mass is 9.94. The molecular formula is C14H23N5O. The van der Waals surface area contributed by atoms with Gasteiger partial charge in [0.1, 0.15) is 18.7 Å². The molecule has 0 bridgehead atoms. The van der Waals surface area contributed by atoms with Gasteiger partial charge in [0.25, 0.3) is 0 Å². The largest absolute Gasteiger partial charge is 0.336 e. The number of amides is 1. The summed E-state index contributed by atoms with van der Waals surface area (Å²) in [5, 5.41) is 7.65. The molecule has 3 rings (SSSR count). The highest BCUT2D eigenvalue weighted by Gasteiger charge is 2.36. The molecule has 3 unspecified atom stereocenters. The van der Waals surface area contributed by atoms with Gasteiger partial charge in [-0.2, -0.15) is 5.10 Å². The quantitative estimate of drug-likeness (QED) is 0.894. The molecule has 3 atom stereocenters. The molecule has 6 heteroatoms. The molecule has 0 aliphatic carbocycles. The van der Waals surface area contributed by atoms with Crippen LogP contribution in [0.3, 0.4) is 0 Å². The normalized spacial score (nSPS) is 28.6. The number of hydrogen-bond acceptors (Lipinski definition) is 4. The zero-order chi connectivity index (χ0) is 13.9. The smallest absolute Gasteiger partial charge is 0.247 e. The molecule has 1 N–H and O–H groups in total. The van der Waals surface area contributed by atoms with E-state index in [4.69, 9.17) is 0 Å². The van der Waals surface area contributed by atoms with Gasteiger partial charge in [0, 0.05) is 18.6 Å². The summed E-state index contributed by atoms with van der Waals surface area (Å²) in [4.78, 5) is 18.8. The van der Waals surface area contributed by atoms with Crippen LogP contribution in [0.15, 0.2) is 12.7 Å². The maximum atomic E-state index is 12.8. The first-order valence-electron chi connectivity index (χ1n) is 7.65. The lowest BCUT2D eigenvalue weighted by Gasteiger charge is -2.40. The van der Waals surface area contributed by atoms with Crippen molar-refractivity contribution < 1.29 is 4.79 Å². The van der Waals surface area contributed by atoms with Gasteiger partial charge in [0.05, 0.1) is 0 Å². The Labute approximate surface area is 119 Å². The second-order valence-electron chi connectivity index (χ2n) is 5.85. The first kappa shape index (κ1) is 13.5. The Bertz CT molecular complexity index is 440. The average molecular weight is 277 g/mol. The second-order valence-corrected chi connectivity index (χ2v) is 5.85. The Kier molecular flexibility index (Phi) is 4.00. The fraction of sp³-hybridized carbons (Fsp3) is 0.786. The van der Waals surface area contributed by atoms with Crippen LogP contribution in [0.2, 0.25) is 0 Å². The summed E-state index contributed by atoms with van der Waals surface area (Å²) < 4.78 is 1.65. The molecule has 2 saturated heterocycles. The van der Waals surface area contributed by atoms with Gasteiger partial charge in [0.15, 0.2) is 0 Å². The topological polar surface area (TPSA) is 63.1 Å². The minimum atomic E-state index is -0.264. The molecule has 2 aliphatic heterocycles. The number of nitrogens with one attached hydrogen (secondary N) is 1. The van der Waals surface area contributed by atoms with Crippen molar-refractivity contribution in [3.8, 4) is 0 Å². The van der Waals surface area contributed by atoms with E-state index in [1.165, 1.54) is 25.6 Å². The zero-order valence-corrected chi connectivity index (χ0v) is 12.0. The predicted octanol–water partition coefficient (Wildman–Crippen LogP) is 0.972. The predicted molar refractivity (Wildman–Crippen MR) is 75.1 cm³/mol. The number of carbonyl (C=O) groups excluding carboxylic acids is 1. The lowest BCUT2D eigenvalue weighted by Crippen LogP contribution is -2.54. The highest BCUT2D eigenvalue weighted by atomic mass is 16.2. The molecule has 0 spiro atoms. The van der Waals surface area contributed by atoms with E-state index in [1.807, 2.05) is 6.92 Å². The number of likely N-dealkylation sites (tertiary alicyclic amines) is 1. The second kappa shape index (κ2) is 5.91. The number of nitrogens with zero attached hydrogens (tertiary/aromatic N) is 4. The van der Waals surface area contributed by atoms with E-state index in [-0.39, 0.29) is 11.9 Å². The third kappa shape index (κ3) is 2.57. The van der Waals surface area contributed by atoms with Gasteiger partial charge in [-0.25, -0.2) is 9.67 Å². The van der Waals surface area contributed by atoms with Gasteiger partial charge in [-0.1, -0.05) is 0 Å². The molecule has 0 saturated carbocycles. The monoisotopic (exact) mass is 277 g/mol. The average Bonchev–Trinajstić information content (AvgIpc) is 3.18. The third-order valence-corrected chi connectivity index (χ3v) is 4.59. The molecule has 6 nitrogen and oxygen atoms in total. The summed E-state index contributed by atoms with van der Waals surface area (Å²) in [5.41, 5.74) is 0. The van der Waals surface area contributed by atoms with Gasteiger partial charge in [-0.05, 0) is 45.6 Å². The van der Waals surface area contributed by atoms with Gasteiger partial charge in [-0.3, -0.25) is 4.79 Å². The van der Waals surface area contributed by atoms with Gasteiger partial charge in [0.2, 0.25) is 5.91 Å². The fourth-order valence-corrected chi connectivity index (χ4v) is 3.46. The SMILES string of the molecule is CC(C(=O)N1CCCCC1C1CCCN1)n1cncn1. The summed E-state index contributed by atoms with van der Waals surface area (Å²) in [5.74, 6) is 0.175. The number of carbonyl (C=O) groups is 1. The summed E-state index contributed by atoms with van der Waals surface area (Å²) in [6.07, 6.45) is 8.97. The van der Waals surface area contributed by atoms with E-state index in [1.54, 1.807) is 11.0 Å². The van der Waals surface area contributed by atoms with Crippen molar-refractivity contribution in [1.29, 1.82) is 0 Å². The number of hydrogen-bond donors (Lipinski definition) is 1. The van der Waals surface area contributed by atoms with Crippen molar-refractivity contribution in [3.63, 3.8) is 0 Å². The molecular weight excluding hydrogens is 254 g/mol. The standard InChI is InChI=1S/C14H23N5O/c1-11(19-10-15-9-17-19)14(20)18-8-3-2-6-13(18)12-5-4-7-16-12/h9-13,16H,2-8H2,1H3. The van der Waals surface area contributed by atoms with Gasteiger partial charge < -0.3 is 10.2 Å². The number of rotatable bonds is 3. The van der Waals surface area contributed by atoms with Crippen LogP contribution in [0.25, 0.3) is 0 Å². The Hall–Kier alpha value is -1.43. The van der Waals surface area contributed by atoms with E-state index < -0.39 is 0 Å². The molecule has 2 aliphatic rings. The van der Waals surface area contributed by atoms with Crippen molar-refractivity contribution in [2.24, 2.45) is 0 Å². The first-order valence-corrected chi connectivity index (χ1v) is 7.65. The molecule has 1 aromatic rings. The Morgan fingerprint density at radius 1 is 1.35 bits per heavy atom. The maximum Gasteiger partial charge on any atom is 0.247 e. The lowest BCUT2D eigenvalue weighted by molar-refractivity contribution is -0.139. The highest BCUT2D eigenvalue weighted by Crippen LogP contribution is 2.26. The van der Waals surface area contributed by atoms with Crippen molar-refractivity contribution >= 4 is 5.91 Å². The molecule has 110 valence electrons. The molecule has 20 heavy (non-hydrogen) atoms. The highest BCUT2D eigenvalue weighted by molar-refractivity contribution is 5.80. The van der Waals surface area contributed by atoms with E-state index in [0.29, 0.717) is 12.1 Å². The van der Waals surface area contributed by atoms with Crippen LogP contribution < -0.4 is 5.32 Å². The zero-order valence-electron chi connectivity index (χ0n) is 12.0. The number of aromatic nitrogens is 3. The summed E-state index contributed by atoms with van der Waals surface area (Å²) in [6, 6.07) is 0.562. The van der Waals surface area contributed by atoms with Crippen LogP contribution >= 0.6 is 0 Å². The van der Waals surface area contributed by atoms with Crippen LogP contribution in [-0.4, -0.2) is 50.7 Å². The van der Waals surface area contributed by atoms with Gasteiger partial charge >= 0.3 is 0 Å². The number of piperidine rings is 1. The minimum Gasteiger partial charge on any atom is -0.336 e. The van der Waals surface area contributed by atoms with Crippen molar-refractivity contribution in [1.82, 2.24) is 25.0 Å². The van der Waals surface area contributed by atoms with Crippen molar-refractivity contribution in [3.05, 3.63) is 12.7 Å². The van der Waals surface area contributed by atoms with Crippen LogP contribution in [0, 0.1) is 0 Å². The fourth-order valence-electron chi connectivity index (χ4n) is 3.46. The first-order chi connectivity index (χ1) is 9.77. The third-order valence-electron chi connectivity index (χ3n) is 4.59. The molecule has 1 aromatic heterocycles. The van der Waals surface area contributed by atoms with E-state index in [0.717, 1.165) is 25.9 Å². The van der Waals surface area contributed by atoms with Crippen LogP contribution in [0.1, 0.15) is 45.1 Å². The van der Waals surface area contributed by atoms with Crippen molar-refractivity contribution in [2.75, 3.05) is 13.1 Å². The van der Waals surface area contributed by atoms with Crippen molar-refractivity contribution in [2.45, 2.75) is 57.2 Å². The molecule has 0 radical (unpaired) electrons. The summed E-state index contributed by atoms with van der Waals surface area (Å²) in [7, 11) is 0. The minimum absolute atomic E-state index is 0.175. The summed E-state index contributed by atoms with van der Waals surface area (Å²) in [6.45, 7) is 3.87. The Morgan fingerprint density at radius 3 is 2.95 bits per heavy atom. The Morgan fingerprint density at radius 2 is 2.25 bits per heavy atom. The molecule has 1 amide bonds. The maximum absolute atomic E-state index is 12.8. The summed E-state index contributed by atoms with van der Waals surface area (Å²) >= 11 is 0. The van der Waals surface area contributed by atoms with Gasteiger partial charge in [-0.15, -0.1) is 0 Å². The van der Waals surface area contributed by atoms with E-state index in [2.05, 4.69) is 20.3 Å².